The molecule has 0 aromatic heterocycles. The van der Waals surface area contributed by atoms with E-state index in [4.69, 9.17) is 28.9 Å². The van der Waals surface area contributed by atoms with Gasteiger partial charge in [-0.15, -0.1) is 0 Å². The number of carbonyl (C=O) groups excluding carboxylic acids is 1. The highest BCUT2D eigenvalue weighted by atomic mass is 35.5. The molecule has 0 aliphatic carbocycles. The predicted octanol–water partition coefficient (Wildman–Crippen LogP) is 2.92. The molecule has 0 heterocycles. The summed E-state index contributed by atoms with van der Waals surface area (Å²) in [5, 5.41) is 3.60. The van der Waals surface area contributed by atoms with Gasteiger partial charge in [0.05, 0.1) is 16.8 Å². The Morgan fingerprint density at radius 2 is 2.00 bits per heavy atom. The van der Waals surface area contributed by atoms with Crippen LogP contribution in [-0.2, 0) is 4.79 Å². The van der Waals surface area contributed by atoms with Gasteiger partial charge in [-0.1, -0.05) is 37.0 Å². The van der Waals surface area contributed by atoms with Crippen LogP contribution >= 0.6 is 23.2 Å². The molecule has 0 fully saturated rings. The average Bonchev–Trinajstić information content (AvgIpc) is 2.22. The number of anilines is 1. The van der Waals surface area contributed by atoms with E-state index < -0.39 is 6.04 Å². The monoisotopic (exact) mass is 260 g/mol. The number of rotatable bonds is 3. The van der Waals surface area contributed by atoms with Crippen LogP contribution in [0.2, 0.25) is 10.0 Å². The van der Waals surface area contributed by atoms with Gasteiger partial charge >= 0.3 is 0 Å². The smallest absolute Gasteiger partial charge is 0.241 e. The van der Waals surface area contributed by atoms with E-state index in [2.05, 4.69) is 5.32 Å². The molecule has 1 rings (SSSR count). The normalized spacial score (nSPS) is 12.6. The van der Waals surface area contributed by atoms with Gasteiger partial charge in [0.2, 0.25) is 5.91 Å². The number of carbonyl (C=O) groups is 1. The summed E-state index contributed by atoms with van der Waals surface area (Å²) in [5.41, 5.74) is 6.19. The summed E-state index contributed by atoms with van der Waals surface area (Å²) in [6, 6.07) is 4.31. The minimum Gasteiger partial charge on any atom is -0.323 e. The molecule has 1 atom stereocenters. The Labute approximate surface area is 105 Å². The summed E-state index contributed by atoms with van der Waals surface area (Å²) in [5.74, 6) is -0.197. The molecule has 0 unspecified atom stereocenters. The highest BCUT2D eigenvalue weighted by molar-refractivity contribution is 6.35. The Kier molecular flexibility index (Phi) is 4.59. The molecule has 88 valence electrons. The number of hydrogen-bond donors (Lipinski definition) is 2. The van der Waals surface area contributed by atoms with E-state index in [0.717, 1.165) is 0 Å². The molecular weight excluding hydrogens is 247 g/mol. The first-order valence-electron chi connectivity index (χ1n) is 4.93. The van der Waals surface area contributed by atoms with E-state index >= 15 is 0 Å². The second-order valence-corrected chi connectivity index (χ2v) is 4.73. The Hall–Kier alpha value is -0.770. The second kappa shape index (κ2) is 5.53. The Morgan fingerprint density at radius 1 is 1.38 bits per heavy atom. The highest BCUT2D eigenvalue weighted by Gasteiger charge is 2.18. The summed E-state index contributed by atoms with van der Waals surface area (Å²) >= 11 is 11.7. The molecule has 0 spiro atoms. The van der Waals surface area contributed by atoms with Crippen molar-refractivity contribution in [3.8, 4) is 0 Å². The van der Waals surface area contributed by atoms with Gasteiger partial charge in [0, 0.05) is 5.02 Å². The van der Waals surface area contributed by atoms with E-state index in [1.807, 2.05) is 13.8 Å². The number of nitrogens with one attached hydrogen (secondary N) is 1. The largest absolute Gasteiger partial charge is 0.323 e. The van der Waals surface area contributed by atoms with Crippen molar-refractivity contribution in [1.29, 1.82) is 0 Å². The van der Waals surface area contributed by atoms with Crippen LogP contribution in [0.5, 0.6) is 0 Å². The predicted molar refractivity (Wildman–Crippen MR) is 67.9 cm³/mol. The molecular formula is C11H14Cl2N2O. The molecule has 0 radical (unpaired) electrons. The number of nitrogens with two attached hydrogens (primary N) is 1. The van der Waals surface area contributed by atoms with Crippen molar-refractivity contribution in [2.24, 2.45) is 11.7 Å². The minimum atomic E-state index is -0.560. The molecule has 1 aromatic carbocycles. The maximum Gasteiger partial charge on any atom is 0.241 e. The molecule has 3 N–H and O–H groups in total. The number of hydrogen-bond acceptors (Lipinski definition) is 2. The van der Waals surface area contributed by atoms with Gasteiger partial charge in [-0.25, -0.2) is 0 Å². The lowest BCUT2D eigenvalue weighted by molar-refractivity contribution is -0.118. The molecule has 5 heteroatoms. The van der Waals surface area contributed by atoms with Crippen LogP contribution in [0.3, 0.4) is 0 Å². The molecule has 1 aromatic rings. The lowest BCUT2D eigenvalue weighted by atomic mass is 10.1. The molecule has 1 amide bonds. The first-order chi connectivity index (χ1) is 7.41. The zero-order valence-electron chi connectivity index (χ0n) is 9.13. The zero-order chi connectivity index (χ0) is 12.3. The van der Waals surface area contributed by atoms with Crippen LogP contribution in [0, 0.1) is 5.92 Å². The van der Waals surface area contributed by atoms with Crippen molar-refractivity contribution in [1.82, 2.24) is 0 Å². The number of amides is 1. The molecule has 0 aliphatic heterocycles. The van der Waals surface area contributed by atoms with Gasteiger partial charge in [0.1, 0.15) is 0 Å². The van der Waals surface area contributed by atoms with Crippen molar-refractivity contribution in [2.75, 3.05) is 5.32 Å². The average molecular weight is 261 g/mol. The molecule has 3 nitrogen and oxygen atoms in total. The molecule has 0 bridgehead atoms. The number of benzene rings is 1. The molecule has 0 saturated heterocycles. The van der Waals surface area contributed by atoms with Crippen LogP contribution in [0.4, 0.5) is 5.69 Å². The first kappa shape index (κ1) is 13.3. The summed E-state index contributed by atoms with van der Waals surface area (Å²) < 4.78 is 0. The first-order valence-corrected chi connectivity index (χ1v) is 5.69. The van der Waals surface area contributed by atoms with Crippen molar-refractivity contribution in [3.63, 3.8) is 0 Å². The second-order valence-electron chi connectivity index (χ2n) is 3.88. The fourth-order valence-electron chi connectivity index (χ4n) is 1.11. The van der Waals surface area contributed by atoms with E-state index in [0.29, 0.717) is 15.7 Å². The Bertz CT molecular complexity index is 394. The third kappa shape index (κ3) is 3.37. The summed E-state index contributed by atoms with van der Waals surface area (Å²) in [4.78, 5) is 11.7. The van der Waals surface area contributed by atoms with E-state index in [1.165, 1.54) is 0 Å². The summed E-state index contributed by atoms with van der Waals surface area (Å²) in [6.07, 6.45) is 0. The van der Waals surface area contributed by atoms with Crippen LogP contribution in [0.25, 0.3) is 0 Å². The van der Waals surface area contributed by atoms with Gasteiger partial charge in [-0.3, -0.25) is 4.79 Å². The maximum absolute atomic E-state index is 11.7. The van der Waals surface area contributed by atoms with Gasteiger partial charge in [-0.05, 0) is 24.1 Å². The zero-order valence-corrected chi connectivity index (χ0v) is 10.6. The minimum absolute atomic E-state index is 0.0676. The topological polar surface area (TPSA) is 55.1 Å². The van der Waals surface area contributed by atoms with Gasteiger partial charge in [0.15, 0.2) is 0 Å². The van der Waals surface area contributed by atoms with Crippen molar-refractivity contribution < 1.29 is 4.79 Å². The fourth-order valence-corrected chi connectivity index (χ4v) is 1.45. The lowest BCUT2D eigenvalue weighted by Gasteiger charge is -2.16. The van der Waals surface area contributed by atoms with Gasteiger partial charge < -0.3 is 11.1 Å². The van der Waals surface area contributed by atoms with Crippen LogP contribution < -0.4 is 11.1 Å². The van der Waals surface area contributed by atoms with E-state index in [9.17, 15) is 4.79 Å². The van der Waals surface area contributed by atoms with Crippen molar-refractivity contribution >= 4 is 34.8 Å². The Morgan fingerprint density at radius 3 is 2.56 bits per heavy atom. The van der Waals surface area contributed by atoms with Crippen molar-refractivity contribution in [2.45, 2.75) is 19.9 Å². The Balaban J connectivity index is 2.80. The third-order valence-corrected chi connectivity index (χ3v) is 2.77. The van der Waals surface area contributed by atoms with E-state index in [1.54, 1.807) is 18.2 Å². The molecule has 16 heavy (non-hydrogen) atoms. The third-order valence-electron chi connectivity index (χ3n) is 2.21. The SMILES string of the molecule is CC(C)[C@@H](N)C(=O)Nc1cc(Cl)ccc1Cl. The summed E-state index contributed by atoms with van der Waals surface area (Å²) in [6.45, 7) is 3.76. The standard InChI is InChI=1S/C11H14Cl2N2O/c1-6(2)10(14)11(16)15-9-5-7(12)3-4-8(9)13/h3-6,10H,14H2,1-2H3,(H,15,16)/t10-/m1/s1. The number of halogens is 2. The van der Waals surface area contributed by atoms with Crippen LogP contribution in [0.15, 0.2) is 18.2 Å². The van der Waals surface area contributed by atoms with Crippen LogP contribution in [-0.4, -0.2) is 11.9 Å². The summed E-state index contributed by atoms with van der Waals surface area (Å²) in [7, 11) is 0. The van der Waals surface area contributed by atoms with Gasteiger partial charge in [0.25, 0.3) is 0 Å². The molecule has 0 aliphatic rings. The van der Waals surface area contributed by atoms with Gasteiger partial charge in [-0.2, -0.15) is 0 Å². The maximum atomic E-state index is 11.7. The van der Waals surface area contributed by atoms with Crippen molar-refractivity contribution in [3.05, 3.63) is 28.2 Å². The fraction of sp³-hybridized carbons (Fsp3) is 0.364. The lowest BCUT2D eigenvalue weighted by Crippen LogP contribution is -2.39. The van der Waals surface area contributed by atoms with Crippen LogP contribution in [0.1, 0.15) is 13.8 Å². The highest BCUT2D eigenvalue weighted by Crippen LogP contribution is 2.25. The molecule has 0 saturated carbocycles. The quantitative estimate of drug-likeness (QED) is 0.878. The van der Waals surface area contributed by atoms with E-state index in [-0.39, 0.29) is 11.8 Å².